The van der Waals surface area contributed by atoms with Crippen molar-refractivity contribution in [3.63, 3.8) is 0 Å². The molecular formula is C17H20N4O4. The Morgan fingerprint density at radius 1 is 1.36 bits per heavy atom. The van der Waals surface area contributed by atoms with Crippen molar-refractivity contribution in [3.05, 3.63) is 23.9 Å². The van der Waals surface area contributed by atoms with Crippen molar-refractivity contribution in [3.8, 4) is 0 Å². The second kappa shape index (κ2) is 5.44. The van der Waals surface area contributed by atoms with Gasteiger partial charge in [0.2, 0.25) is 5.91 Å². The van der Waals surface area contributed by atoms with Gasteiger partial charge in [0.15, 0.2) is 0 Å². The van der Waals surface area contributed by atoms with Gasteiger partial charge in [0.25, 0.3) is 5.91 Å². The second-order valence-corrected chi connectivity index (χ2v) is 7.30. The van der Waals surface area contributed by atoms with E-state index in [0.717, 1.165) is 12.8 Å². The Labute approximate surface area is 144 Å². The minimum atomic E-state index is -1.15. The molecule has 8 nitrogen and oxygen atoms in total. The molecule has 2 saturated heterocycles. The predicted molar refractivity (Wildman–Crippen MR) is 87.8 cm³/mol. The van der Waals surface area contributed by atoms with Crippen LogP contribution in [0.5, 0.6) is 0 Å². The lowest BCUT2D eigenvalue weighted by Gasteiger charge is -2.26. The average molecular weight is 344 g/mol. The molecule has 3 heterocycles. The second-order valence-electron chi connectivity index (χ2n) is 7.30. The summed E-state index contributed by atoms with van der Waals surface area (Å²) in [6, 6.07) is 3.17. The third-order valence-electron chi connectivity index (χ3n) is 5.58. The van der Waals surface area contributed by atoms with E-state index in [0.29, 0.717) is 18.3 Å². The number of nitrogens with two attached hydrogens (primary N) is 1. The fourth-order valence-corrected chi connectivity index (χ4v) is 4.08. The molecule has 1 saturated carbocycles. The number of carboxylic acids is 1. The lowest BCUT2D eigenvalue weighted by molar-refractivity contribution is -0.149. The number of aromatic nitrogens is 1. The summed E-state index contributed by atoms with van der Waals surface area (Å²) in [4.78, 5) is 44.1. The highest BCUT2D eigenvalue weighted by molar-refractivity contribution is 5.99. The molecule has 1 aromatic heterocycles. The number of carbonyl (C=O) groups excluding carboxylic acids is 2. The van der Waals surface area contributed by atoms with Gasteiger partial charge in [-0.25, -0.2) is 4.98 Å². The molecule has 25 heavy (non-hydrogen) atoms. The third-order valence-corrected chi connectivity index (χ3v) is 5.58. The molecule has 132 valence electrons. The highest BCUT2D eigenvalue weighted by Gasteiger charge is 2.62. The summed E-state index contributed by atoms with van der Waals surface area (Å²) in [6.07, 6.45) is 3.75. The average Bonchev–Trinajstić information content (AvgIpc) is 3.25. The summed E-state index contributed by atoms with van der Waals surface area (Å²) < 4.78 is 0. The number of likely N-dealkylation sites (tertiary alicyclic amines) is 1. The molecule has 0 spiro atoms. The fraction of sp³-hybridized carbons (Fsp3) is 0.529. The summed E-state index contributed by atoms with van der Waals surface area (Å²) in [7, 11) is 0. The quantitative estimate of drug-likeness (QED) is 0.773. The molecule has 2 amide bonds. The summed E-state index contributed by atoms with van der Waals surface area (Å²) in [6.45, 7) is 1.26. The van der Waals surface area contributed by atoms with Gasteiger partial charge in [-0.05, 0) is 30.9 Å². The van der Waals surface area contributed by atoms with Gasteiger partial charge in [-0.15, -0.1) is 0 Å². The molecule has 0 aromatic carbocycles. The van der Waals surface area contributed by atoms with E-state index in [-0.39, 0.29) is 31.1 Å². The molecule has 8 heteroatoms. The largest absolute Gasteiger partial charge is 0.481 e. The van der Waals surface area contributed by atoms with Gasteiger partial charge in [-0.1, -0.05) is 0 Å². The van der Waals surface area contributed by atoms with Crippen LogP contribution in [0.1, 0.15) is 23.2 Å². The van der Waals surface area contributed by atoms with Crippen LogP contribution in [0.25, 0.3) is 0 Å². The van der Waals surface area contributed by atoms with Gasteiger partial charge in [0.1, 0.15) is 11.2 Å². The van der Waals surface area contributed by atoms with Crippen LogP contribution in [0.2, 0.25) is 0 Å². The van der Waals surface area contributed by atoms with Crippen LogP contribution in [0.4, 0.5) is 5.82 Å². The number of carbonyl (C=O) groups is 3. The zero-order valence-corrected chi connectivity index (χ0v) is 13.7. The Kier molecular flexibility index (Phi) is 3.45. The lowest BCUT2D eigenvalue weighted by atomic mass is 9.81. The molecule has 2 aliphatic heterocycles. The number of hydrogen-bond acceptors (Lipinski definition) is 5. The number of fused-ring (bicyclic) bond motifs is 1. The maximum atomic E-state index is 12.8. The smallest absolute Gasteiger partial charge is 0.314 e. The van der Waals surface area contributed by atoms with Crippen LogP contribution >= 0.6 is 0 Å². The number of hydrogen-bond donors (Lipinski definition) is 2. The van der Waals surface area contributed by atoms with E-state index in [1.807, 2.05) is 0 Å². The van der Waals surface area contributed by atoms with Crippen molar-refractivity contribution in [2.75, 3.05) is 31.1 Å². The number of pyridine rings is 1. The Morgan fingerprint density at radius 2 is 2.12 bits per heavy atom. The number of primary amides is 1. The first-order valence-electron chi connectivity index (χ1n) is 8.44. The van der Waals surface area contributed by atoms with Crippen molar-refractivity contribution in [2.24, 2.45) is 23.0 Å². The molecule has 3 aliphatic rings. The summed E-state index contributed by atoms with van der Waals surface area (Å²) in [5, 5.41) is 9.89. The molecule has 1 aromatic rings. The first kappa shape index (κ1) is 15.9. The minimum absolute atomic E-state index is 0.103. The SMILES string of the molecule is NC(=O)c1cccnc1N1C[C@H]2C(=O)N(CC3CC3)C[C@@]2(C(=O)O)C1. The first-order chi connectivity index (χ1) is 11.9. The van der Waals surface area contributed by atoms with Crippen molar-refractivity contribution in [2.45, 2.75) is 12.8 Å². The van der Waals surface area contributed by atoms with Gasteiger partial charge in [-0.3, -0.25) is 14.4 Å². The number of nitrogens with zero attached hydrogens (tertiary/aromatic N) is 3. The predicted octanol–water partition coefficient (Wildman–Crippen LogP) is -0.0601. The van der Waals surface area contributed by atoms with Crippen molar-refractivity contribution >= 4 is 23.6 Å². The molecule has 2 atom stereocenters. The van der Waals surface area contributed by atoms with Crippen LogP contribution in [-0.2, 0) is 9.59 Å². The summed E-state index contributed by atoms with van der Waals surface area (Å²) >= 11 is 0. The summed E-state index contributed by atoms with van der Waals surface area (Å²) in [5.74, 6) is -1.44. The third kappa shape index (κ3) is 2.43. The molecular weight excluding hydrogens is 324 g/mol. The fourth-order valence-electron chi connectivity index (χ4n) is 4.08. The number of aliphatic carboxylic acids is 1. The molecule has 0 bridgehead atoms. The first-order valence-corrected chi connectivity index (χ1v) is 8.44. The zero-order chi connectivity index (χ0) is 17.8. The highest BCUT2D eigenvalue weighted by atomic mass is 16.4. The van der Waals surface area contributed by atoms with Crippen LogP contribution in [-0.4, -0.2) is 59.0 Å². The normalized spacial score (nSPS) is 28.3. The van der Waals surface area contributed by atoms with E-state index < -0.39 is 23.2 Å². The van der Waals surface area contributed by atoms with Crippen molar-refractivity contribution in [1.82, 2.24) is 9.88 Å². The Hall–Kier alpha value is -2.64. The molecule has 3 N–H and O–H groups in total. The van der Waals surface area contributed by atoms with Gasteiger partial charge in [-0.2, -0.15) is 0 Å². The molecule has 0 unspecified atom stereocenters. The standard InChI is InChI=1S/C17H20N4O4/c18-13(22)11-2-1-5-19-14(11)20-7-12-15(23)21(6-10-3-4-10)9-17(12,8-20)16(24)25/h1-2,5,10,12H,3-4,6-9H2,(H2,18,22)(H,24,25)/t12-,17-/m0/s1. The Bertz CT molecular complexity index is 763. The van der Waals surface area contributed by atoms with Crippen molar-refractivity contribution < 1.29 is 19.5 Å². The van der Waals surface area contributed by atoms with Crippen LogP contribution < -0.4 is 10.6 Å². The van der Waals surface area contributed by atoms with E-state index >= 15 is 0 Å². The molecule has 0 radical (unpaired) electrons. The van der Waals surface area contributed by atoms with Gasteiger partial charge in [0.05, 0.1) is 11.5 Å². The monoisotopic (exact) mass is 344 g/mol. The van der Waals surface area contributed by atoms with Crippen LogP contribution in [0.15, 0.2) is 18.3 Å². The Morgan fingerprint density at radius 3 is 2.72 bits per heavy atom. The van der Waals surface area contributed by atoms with Gasteiger partial charge >= 0.3 is 5.97 Å². The number of carboxylic acid groups (broad SMARTS) is 1. The summed E-state index contributed by atoms with van der Waals surface area (Å²) in [5.41, 5.74) is 4.49. The zero-order valence-electron chi connectivity index (χ0n) is 13.7. The number of rotatable bonds is 5. The molecule has 4 rings (SSSR count). The van der Waals surface area contributed by atoms with E-state index in [2.05, 4.69) is 4.98 Å². The maximum absolute atomic E-state index is 12.8. The molecule has 3 fully saturated rings. The van der Waals surface area contributed by atoms with Crippen LogP contribution in [0.3, 0.4) is 0 Å². The van der Waals surface area contributed by atoms with E-state index in [4.69, 9.17) is 5.73 Å². The maximum Gasteiger partial charge on any atom is 0.314 e. The minimum Gasteiger partial charge on any atom is -0.481 e. The Balaban J connectivity index is 1.64. The lowest BCUT2D eigenvalue weighted by Crippen LogP contribution is -2.41. The van der Waals surface area contributed by atoms with Crippen molar-refractivity contribution in [1.29, 1.82) is 0 Å². The number of anilines is 1. The van der Waals surface area contributed by atoms with E-state index in [1.54, 1.807) is 21.9 Å². The molecule has 1 aliphatic carbocycles. The van der Waals surface area contributed by atoms with Gasteiger partial charge < -0.3 is 20.6 Å². The number of amides is 2. The topological polar surface area (TPSA) is 117 Å². The van der Waals surface area contributed by atoms with Gasteiger partial charge in [0, 0.05) is 32.4 Å². The van der Waals surface area contributed by atoms with Crippen LogP contribution in [0, 0.1) is 17.3 Å². The van der Waals surface area contributed by atoms with E-state index in [9.17, 15) is 19.5 Å². The highest BCUT2D eigenvalue weighted by Crippen LogP contribution is 2.46. The van der Waals surface area contributed by atoms with E-state index in [1.165, 1.54) is 6.20 Å².